The van der Waals surface area contributed by atoms with Crippen molar-refractivity contribution in [1.82, 2.24) is 10.2 Å². The van der Waals surface area contributed by atoms with Crippen molar-refractivity contribution in [3.63, 3.8) is 0 Å². The number of likely N-dealkylation sites (tertiary alicyclic amines) is 1. The first kappa shape index (κ1) is 22.8. The van der Waals surface area contributed by atoms with E-state index in [1.54, 1.807) is 7.11 Å². The number of rotatable bonds is 7. The van der Waals surface area contributed by atoms with E-state index in [1.807, 2.05) is 67.3 Å². The van der Waals surface area contributed by atoms with Gasteiger partial charge < -0.3 is 15.0 Å². The first-order chi connectivity index (χ1) is 15.9. The van der Waals surface area contributed by atoms with Crippen molar-refractivity contribution in [2.75, 3.05) is 20.2 Å². The maximum absolute atomic E-state index is 13.3. The van der Waals surface area contributed by atoms with Crippen LogP contribution in [0.25, 0.3) is 10.8 Å². The summed E-state index contributed by atoms with van der Waals surface area (Å²) in [6.45, 7) is 5.35. The highest BCUT2D eigenvalue weighted by atomic mass is 16.5. The van der Waals surface area contributed by atoms with Gasteiger partial charge in [-0.05, 0) is 46.4 Å². The fourth-order valence-electron chi connectivity index (χ4n) is 4.58. The summed E-state index contributed by atoms with van der Waals surface area (Å²) < 4.78 is 5.24. The van der Waals surface area contributed by atoms with Gasteiger partial charge in [0.15, 0.2) is 0 Å². The Morgan fingerprint density at radius 1 is 1.03 bits per heavy atom. The summed E-state index contributed by atoms with van der Waals surface area (Å²) in [7, 11) is 1.66. The smallest absolute Gasteiger partial charge is 0.245 e. The number of hydrogen-bond acceptors (Lipinski definition) is 3. The third-order valence-corrected chi connectivity index (χ3v) is 6.51. The highest BCUT2D eigenvalue weighted by Crippen LogP contribution is 2.29. The summed E-state index contributed by atoms with van der Waals surface area (Å²) in [4.78, 5) is 28.1. The Kier molecular flexibility index (Phi) is 6.97. The molecule has 0 bridgehead atoms. The Labute approximate surface area is 195 Å². The number of nitrogens with zero attached hydrogens (tertiary/aromatic N) is 1. The number of carbonyl (C=O) groups is 2. The number of carbonyl (C=O) groups excluding carboxylic acids is 2. The van der Waals surface area contributed by atoms with Gasteiger partial charge in [0.25, 0.3) is 0 Å². The summed E-state index contributed by atoms with van der Waals surface area (Å²) in [6, 6.07) is 21.7. The molecule has 4 rings (SSSR count). The van der Waals surface area contributed by atoms with Crippen LogP contribution >= 0.6 is 0 Å². The molecule has 0 aromatic heterocycles. The van der Waals surface area contributed by atoms with Gasteiger partial charge in [0.2, 0.25) is 11.8 Å². The van der Waals surface area contributed by atoms with Crippen LogP contribution in [0.15, 0.2) is 66.7 Å². The zero-order valence-electron chi connectivity index (χ0n) is 19.6. The van der Waals surface area contributed by atoms with Gasteiger partial charge in [0.1, 0.15) is 11.8 Å². The molecule has 1 aliphatic heterocycles. The maximum Gasteiger partial charge on any atom is 0.245 e. The van der Waals surface area contributed by atoms with Crippen LogP contribution in [0.4, 0.5) is 0 Å². The van der Waals surface area contributed by atoms with Crippen molar-refractivity contribution in [1.29, 1.82) is 0 Å². The lowest BCUT2D eigenvalue weighted by Crippen LogP contribution is -2.51. The molecule has 1 saturated heterocycles. The molecule has 1 N–H and O–H groups in total. The number of hydrogen-bond donors (Lipinski definition) is 1. The Balaban J connectivity index is 1.38. The lowest BCUT2D eigenvalue weighted by atomic mass is 9.98. The van der Waals surface area contributed by atoms with Gasteiger partial charge in [-0.25, -0.2) is 0 Å². The highest BCUT2D eigenvalue weighted by molar-refractivity contribution is 5.90. The van der Waals surface area contributed by atoms with Crippen LogP contribution in [0, 0.1) is 5.92 Å². The number of benzene rings is 3. The van der Waals surface area contributed by atoms with Gasteiger partial charge in [-0.2, -0.15) is 0 Å². The van der Waals surface area contributed by atoms with Crippen LogP contribution in [0.5, 0.6) is 5.75 Å². The molecule has 0 radical (unpaired) electrons. The molecule has 2 unspecified atom stereocenters. The average Bonchev–Trinajstić information content (AvgIpc) is 3.32. The highest BCUT2D eigenvalue weighted by Gasteiger charge is 2.33. The standard InChI is InChI=1S/C28H32N2O3/c1-19(2)27(29-26(31)17-20-8-9-21-6-4-5-7-23(21)16-20)28(32)30-15-14-24(18-30)22-10-12-25(33-3)13-11-22/h4-13,16,19,24,27H,14-15,17-18H2,1-3H3,(H,29,31). The Bertz CT molecular complexity index is 1120. The number of fused-ring (bicyclic) bond motifs is 1. The molecule has 0 spiro atoms. The summed E-state index contributed by atoms with van der Waals surface area (Å²) in [5, 5.41) is 5.27. The number of ether oxygens (including phenoxy) is 1. The fraction of sp³-hybridized carbons (Fsp3) is 0.357. The van der Waals surface area contributed by atoms with Crippen LogP contribution in [0.3, 0.4) is 0 Å². The predicted octanol–water partition coefficient (Wildman–Crippen LogP) is 4.55. The molecule has 33 heavy (non-hydrogen) atoms. The van der Waals surface area contributed by atoms with Crippen LogP contribution < -0.4 is 10.1 Å². The van der Waals surface area contributed by atoms with Gasteiger partial charge in [0.05, 0.1) is 13.5 Å². The van der Waals surface area contributed by atoms with Gasteiger partial charge >= 0.3 is 0 Å². The normalized spacial score (nSPS) is 16.7. The van der Waals surface area contributed by atoms with E-state index in [0.717, 1.165) is 28.5 Å². The van der Waals surface area contributed by atoms with Crippen LogP contribution in [-0.2, 0) is 16.0 Å². The molecule has 172 valence electrons. The summed E-state index contributed by atoms with van der Waals surface area (Å²) in [6.07, 6.45) is 1.18. The molecule has 1 fully saturated rings. The van der Waals surface area contributed by atoms with Gasteiger partial charge in [-0.15, -0.1) is 0 Å². The Morgan fingerprint density at radius 2 is 1.76 bits per heavy atom. The second-order valence-corrected chi connectivity index (χ2v) is 9.19. The number of amides is 2. The molecule has 0 saturated carbocycles. The van der Waals surface area contributed by atoms with Crippen LogP contribution in [-0.4, -0.2) is 43.0 Å². The van der Waals surface area contributed by atoms with E-state index < -0.39 is 6.04 Å². The quantitative estimate of drug-likeness (QED) is 0.582. The largest absolute Gasteiger partial charge is 0.497 e. The van der Waals surface area contributed by atoms with Gasteiger partial charge in [-0.3, -0.25) is 9.59 Å². The molecule has 2 atom stereocenters. The van der Waals surface area contributed by atoms with E-state index in [9.17, 15) is 9.59 Å². The van der Waals surface area contributed by atoms with Crippen molar-refractivity contribution in [3.05, 3.63) is 77.9 Å². The van der Waals surface area contributed by atoms with Gasteiger partial charge in [-0.1, -0.05) is 68.4 Å². The number of nitrogens with one attached hydrogen (secondary N) is 1. The SMILES string of the molecule is COc1ccc(C2CCN(C(=O)C(NC(=O)Cc3ccc4ccccc4c3)C(C)C)C2)cc1. The van der Waals surface area contributed by atoms with E-state index in [-0.39, 0.29) is 24.2 Å². The summed E-state index contributed by atoms with van der Waals surface area (Å²) in [5.41, 5.74) is 2.16. The minimum absolute atomic E-state index is 0.00729. The molecule has 2 amide bonds. The fourth-order valence-corrected chi connectivity index (χ4v) is 4.58. The van der Waals surface area contributed by atoms with Crippen LogP contribution in [0.2, 0.25) is 0 Å². The molecular formula is C28H32N2O3. The molecule has 1 aliphatic rings. The van der Waals surface area contributed by atoms with Crippen molar-refractivity contribution < 1.29 is 14.3 Å². The first-order valence-corrected chi connectivity index (χ1v) is 11.6. The lowest BCUT2D eigenvalue weighted by Gasteiger charge is -2.27. The third kappa shape index (κ3) is 5.36. The third-order valence-electron chi connectivity index (χ3n) is 6.51. The summed E-state index contributed by atoms with van der Waals surface area (Å²) in [5.74, 6) is 1.04. The van der Waals surface area contributed by atoms with Crippen molar-refractivity contribution in [2.45, 2.75) is 38.6 Å². The molecule has 3 aromatic rings. The zero-order chi connectivity index (χ0) is 23.4. The Hall–Kier alpha value is -3.34. The molecule has 1 heterocycles. The molecule has 5 heteroatoms. The zero-order valence-corrected chi connectivity index (χ0v) is 19.6. The van der Waals surface area contributed by atoms with E-state index in [2.05, 4.69) is 23.5 Å². The second kappa shape index (κ2) is 10.1. The number of methoxy groups -OCH3 is 1. The molecule has 3 aromatic carbocycles. The van der Waals surface area contributed by atoms with E-state index in [0.29, 0.717) is 19.0 Å². The predicted molar refractivity (Wildman–Crippen MR) is 131 cm³/mol. The maximum atomic E-state index is 13.3. The monoisotopic (exact) mass is 444 g/mol. The average molecular weight is 445 g/mol. The molecular weight excluding hydrogens is 412 g/mol. The molecule has 0 aliphatic carbocycles. The van der Waals surface area contributed by atoms with Crippen molar-refractivity contribution in [3.8, 4) is 5.75 Å². The van der Waals surface area contributed by atoms with Crippen molar-refractivity contribution in [2.24, 2.45) is 5.92 Å². The van der Waals surface area contributed by atoms with Crippen LogP contribution in [0.1, 0.15) is 37.3 Å². The van der Waals surface area contributed by atoms with Crippen molar-refractivity contribution >= 4 is 22.6 Å². The van der Waals surface area contributed by atoms with Gasteiger partial charge in [0, 0.05) is 19.0 Å². The molecule has 5 nitrogen and oxygen atoms in total. The first-order valence-electron chi connectivity index (χ1n) is 11.6. The van der Waals surface area contributed by atoms with E-state index in [4.69, 9.17) is 4.74 Å². The minimum atomic E-state index is -0.521. The second-order valence-electron chi connectivity index (χ2n) is 9.19. The Morgan fingerprint density at radius 3 is 2.45 bits per heavy atom. The van der Waals surface area contributed by atoms with E-state index in [1.165, 1.54) is 5.56 Å². The van der Waals surface area contributed by atoms with E-state index >= 15 is 0 Å². The summed E-state index contributed by atoms with van der Waals surface area (Å²) >= 11 is 0. The minimum Gasteiger partial charge on any atom is -0.497 e. The lowest BCUT2D eigenvalue weighted by molar-refractivity contribution is -0.136. The topological polar surface area (TPSA) is 58.6 Å².